The second-order valence-corrected chi connectivity index (χ2v) is 8.80. The van der Waals surface area contributed by atoms with Crippen LogP contribution in [-0.2, 0) is 16.4 Å². The van der Waals surface area contributed by atoms with Gasteiger partial charge in [-0.3, -0.25) is 4.79 Å². The number of carbonyl (C=O) groups is 1. The van der Waals surface area contributed by atoms with Crippen molar-refractivity contribution in [3.63, 3.8) is 0 Å². The Kier molecular flexibility index (Phi) is 5.70. The van der Waals surface area contributed by atoms with Gasteiger partial charge in [0.25, 0.3) is 5.91 Å². The summed E-state index contributed by atoms with van der Waals surface area (Å²) in [5.41, 5.74) is 1.39. The number of carbonyl (C=O) groups excluding carboxylic acids is 1. The molecule has 7 heteroatoms. The summed E-state index contributed by atoms with van der Waals surface area (Å²) in [5.74, 6) is 1.28. The van der Waals surface area contributed by atoms with Crippen LogP contribution in [0.25, 0.3) is 0 Å². The molecule has 0 aliphatic carbocycles. The normalized spacial score (nSPS) is 18.1. The Morgan fingerprint density at radius 1 is 1.07 bits per heavy atom. The van der Waals surface area contributed by atoms with Gasteiger partial charge in [-0.2, -0.15) is 0 Å². The van der Waals surface area contributed by atoms with Crippen LogP contribution in [0, 0.1) is 0 Å². The third kappa shape index (κ3) is 4.60. The zero-order chi connectivity index (χ0) is 19.4. The Morgan fingerprint density at radius 2 is 1.78 bits per heavy atom. The zero-order valence-electron chi connectivity index (χ0n) is 15.4. The van der Waals surface area contributed by atoms with Crippen LogP contribution in [0.3, 0.4) is 0 Å². The van der Waals surface area contributed by atoms with Crippen molar-refractivity contribution in [3.05, 3.63) is 59.7 Å². The fourth-order valence-electron chi connectivity index (χ4n) is 3.25. The summed E-state index contributed by atoms with van der Waals surface area (Å²) >= 11 is 0. The number of nitrogens with zero attached hydrogens (tertiary/aromatic N) is 1. The van der Waals surface area contributed by atoms with Gasteiger partial charge in [-0.25, -0.2) is 8.42 Å². The molecule has 144 valence electrons. The molecular formula is C20H23NO5S. The highest BCUT2D eigenvalue weighted by molar-refractivity contribution is 7.91. The van der Waals surface area contributed by atoms with Gasteiger partial charge >= 0.3 is 0 Å². The molecule has 2 aromatic rings. The first-order chi connectivity index (χ1) is 12.9. The molecule has 1 saturated heterocycles. The van der Waals surface area contributed by atoms with Crippen LogP contribution in [0.4, 0.5) is 0 Å². The largest absolute Gasteiger partial charge is 0.497 e. The van der Waals surface area contributed by atoms with E-state index in [0.717, 1.165) is 5.56 Å². The van der Waals surface area contributed by atoms with Gasteiger partial charge in [0.05, 0.1) is 25.7 Å². The minimum atomic E-state index is -3.11. The highest BCUT2D eigenvalue weighted by atomic mass is 32.2. The molecule has 0 saturated carbocycles. The summed E-state index contributed by atoms with van der Waals surface area (Å²) in [7, 11) is 0.0405. The maximum absolute atomic E-state index is 13.2. The van der Waals surface area contributed by atoms with Crippen LogP contribution in [0.15, 0.2) is 48.5 Å². The summed E-state index contributed by atoms with van der Waals surface area (Å²) in [6, 6.07) is 14.0. The maximum Gasteiger partial charge on any atom is 0.254 e. The van der Waals surface area contributed by atoms with Gasteiger partial charge < -0.3 is 14.4 Å². The lowest BCUT2D eigenvalue weighted by Crippen LogP contribution is -2.40. The van der Waals surface area contributed by atoms with Crippen molar-refractivity contribution in [3.8, 4) is 11.5 Å². The van der Waals surface area contributed by atoms with Gasteiger partial charge in [0.15, 0.2) is 9.84 Å². The molecule has 1 fully saturated rings. The smallest absolute Gasteiger partial charge is 0.254 e. The third-order valence-corrected chi connectivity index (χ3v) is 6.48. The first kappa shape index (κ1) is 19.2. The lowest BCUT2D eigenvalue weighted by molar-refractivity contribution is 0.0680. The van der Waals surface area contributed by atoms with E-state index in [9.17, 15) is 13.2 Å². The molecule has 0 unspecified atom stereocenters. The predicted molar refractivity (Wildman–Crippen MR) is 103 cm³/mol. The molecule has 2 aromatic carbocycles. The first-order valence-electron chi connectivity index (χ1n) is 8.70. The quantitative estimate of drug-likeness (QED) is 0.759. The van der Waals surface area contributed by atoms with Crippen molar-refractivity contribution < 1.29 is 22.7 Å². The van der Waals surface area contributed by atoms with E-state index in [1.165, 1.54) is 0 Å². The summed E-state index contributed by atoms with van der Waals surface area (Å²) in [5, 5.41) is 0. The van der Waals surface area contributed by atoms with Gasteiger partial charge in [0, 0.05) is 18.2 Å². The van der Waals surface area contributed by atoms with E-state index in [1.54, 1.807) is 43.4 Å². The third-order valence-electron chi connectivity index (χ3n) is 4.73. The Hall–Kier alpha value is -2.54. The van der Waals surface area contributed by atoms with Crippen molar-refractivity contribution in [2.45, 2.75) is 19.0 Å². The van der Waals surface area contributed by atoms with Crippen LogP contribution in [0.1, 0.15) is 22.3 Å². The van der Waals surface area contributed by atoms with Crippen LogP contribution in [0.2, 0.25) is 0 Å². The standard InChI is InChI=1S/C20H23NO5S/c1-25-18-8-6-16(7-9-18)20(22)21(17-10-11-27(23,24)14-17)13-15-4-3-5-19(12-15)26-2/h3-9,12,17H,10-11,13-14H2,1-2H3/t17-/m1/s1. The van der Waals surface area contributed by atoms with E-state index >= 15 is 0 Å². The van der Waals surface area contributed by atoms with Crippen molar-refractivity contribution in [2.24, 2.45) is 0 Å². The van der Waals surface area contributed by atoms with Crippen LogP contribution in [-0.4, -0.2) is 51.0 Å². The average Bonchev–Trinajstić information content (AvgIpc) is 3.05. The van der Waals surface area contributed by atoms with Gasteiger partial charge in [0.1, 0.15) is 11.5 Å². The highest BCUT2D eigenvalue weighted by Crippen LogP contribution is 2.24. The summed E-state index contributed by atoms with van der Waals surface area (Å²) < 4.78 is 34.3. The molecule has 0 N–H and O–H groups in total. The lowest BCUT2D eigenvalue weighted by atomic mass is 10.1. The monoisotopic (exact) mass is 389 g/mol. The van der Waals surface area contributed by atoms with E-state index in [0.29, 0.717) is 30.0 Å². The Balaban J connectivity index is 1.89. The predicted octanol–water partition coefficient (Wildman–Crippen LogP) is 2.53. The molecular weight excluding hydrogens is 366 g/mol. The SMILES string of the molecule is COc1ccc(C(=O)N(Cc2cccc(OC)c2)[C@@H]2CCS(=O)(=O)C2)cc1. The molecule has 27 heavy (non-hydrogen) atoms. The minimum Gasteiger partial charge on any atom is -0.497 e. The summed E-state index contributed by atoms with van der Waals surface area (Å²) in [6.07, 6.45) is 0.453. The fourth-order valence-corrected chi connectivity index (χ4v) is 4.99. The molecule has 0 bridgehead atoms. The molecule has 6 nitrogen and oxygen atoms in total. The second kappa shape index (κ2) is 8.00. The minimum absolute atomic E-state index is 0.00113. The number of hydrogen-bond donors (Lipinski definition) is 0. The molecule has 0 radical (unpaired) electrons. The van der Waals surface area contributed by atoms with Gasteiger partial charge in [-0.1, -0.05) is 12.1 Å². The second-order valence-electron chi connectivity index (χ2n) is 6.57. The van der Waals surface area contributed by atoms with Crippen molar-refractivity contribution in [2.75, 3.05) is 25.7 Å². The van der Waals surface area contributed by atoms with Crippen LogP contribution < -0.4 is 9.47 Å². The average molecular weight is 389 g/mol. The van der Waals surface area contributed by atoms with Crippen LogP contribution >= 0.6 is 0 Å². The van der Waals surface area contributed by atoms with Gasteiger partial charge in [-0.05, 0) is 48.4 Å². The van der Waals surface area contributed by atoms with E-state index in [-0.39, 0.29) is 23.5 Å². The lowest BCUT2D eigenvalue weighted by Gasteiger charge is -2.28. The van der Waals surface area contributed by atoms with Crippen molar-refractivity contribution in [1.82, 2.24) is 4.90 Å². The number of hydrogen-bond acceptors (Lipinski definition) is 5. The van der Waals surface area contributed by atoms with Crippen molar-refractivity contribution in [1.29, 1.82) is 0 Å². The van der Waals surface area contributed by atoms with E-state index in [1.807, 2.05) is 24.3 Å². The van der Waals surface area contributed by atoms with E-state index in [2.05, 4.69) is 0 Å². The Bertz CT molecular complexity index is 908. The Morgan fingerprint density at radius 3 is 2.37 bits per heavy atom. The number of methoxy groups -OCH3 is 2. The molecule has 3 rings (SSSR count). The molecule has 0 spiro atoms. The molecule has 1 heterocycles. The topological polar surface area (TPSA) is 72.9 Å². The molecule has 1 aliphatic rings. The van der Waals surface area contributed by atoms with Gasteiger partial charge in [-0.15, -0.1) is 0 Å². The highest BCUT2D eigenvalue weighted by Gasteiger charge is 2.35. The summed E-state index contributed by atoms with van der Waals surface area (Å²) in [4.78, 5) is 14.8. The molecule has 1 atom stereocenters. The van der Waals surface area contributed by atoms with E-state index < -0.39 is 9.84 Å². The Labute approximate surface area is 159 Å². The number of ether oxygens (including phenoxy) is 2. The zero-order valence-corrected chi connectivity index (χ0v) is 16.2. The molecule has 1 amide bonds. The molecule has 1 aliphatic heterocycles. The fraction of sp³-hybridized carbons (Fsp3) is 0.350. The van der Waals surface area contributed by atoms with Gasteiger partial charge in [0.2, 0.25) is 0 Å². The number of benzene rings is 2. The van der Waals surface area contributed by atoms with Crippen molar-refractivity contribution >= 4 is 15.7 Å². The van der Waals surface area contributed by atoms with Crippen LogP contribution in [0.5, 0.6) is 11.5 Å². The van der Waals surface area contributed by atoms with E-state index in [4.69, 9.17) is 9.47 Å². The number of sulfone groups is 1. The summed E-state index contributed by atoms with van der Waals surface area (Å²) in [6.45, 7) is 0.322. The first-order valence-corrected chi connectivity index (χ1v) is 10.5. The maximum atomic E-state index is 13.2. The number of rotatable bonds is 6. The number of amides is 1. The molecule has 0 aromatic heterocycles.